The average molecular weight is 485 g/mol. The van der Waals surface area contributed by atoms with Gasteiger partial charge in [0.1, 0.15) is 6.04 Å². The zero-order valence-electron chi connectivity index (χ0n) is 14.4. The first-order valence-corrected chi connectivity index (χ1v) is 8.53. The van der Waals surface area contributed by atoms with Crippen molar-refractivity contribution in [3.05, 3.63) is 12.4 Å². The summed E-state index contributed by atoms with van der Waals surface area (Å²) < 4.78 is 153. The smallest absolute Gasteiger partial charge is 0.410 e. The number of esters is 1. The molecule has 18 heteroatoms. The van der Waals surface area contributed by atoms with Crippen molar-refractivity contribution in [2.24, 2.45) is 0 Å². The number of carbonyl (C=O) groups excluding carboxylic acids is 2. The average Bonchev–Trinajstić information content (AvgIpc) is 2.49. The molecular weight excluding hydrogens is 473 g/mol. The van der Waals surface area contributed by atoms with Crippen LogP contribution >= 0.6 is 0 Å². The minimum absolute atomic E-state index is 0.140. The van der Waals surface area contributed by atoms with Gasteiger partial charge < -0.3 is 14.8 Å². The maximum absolute atomic E-state index is 13.4. The number of carbonyl (C=O) groups is 2. The lowest BCUT2D eigenvalue weighted by Gasteiger charge is -2.34. The standard InChI is InChI=1S/C12H12F9NO7S/c1-5(13)7(23)29-10(12(19,20)21,8(24)22-6(2)11(16,17)18)28-4-3-9(14,15)30(25,26)27/h6H,1,3-4H2,2H3,(H,22,24)(H,25,26,27). The van der Waals surface area contributed by atoms with E-state index in [0.717, 1.165) is 0 Å². The largest absolute Gasteiger partial charge is 0.466 e. The Hall–Kier alpha value is -2.08. The number of ether oxygens (including phenoxy) is 2. The first kappa shape index (κ1) is 27.9. The van der Waals surface area contributed by atoms with Crippen LogP contribution in [0.3, 0.4) is 0 Å². The van der Waals surface area contributed by atoms with Crippen LogP contribution in [0.5, 0.6) is 0 Å². The fraction of sp³-hybridized carbons (Fsp3) is 0.667. The van der Waals surface area contributed by atoms with Crippen molar-refractivity contribution in [1.29, 1.82) is 0 Å². The molecular formula is C12H12F9NO7S. The summed E-state index contributed by atoms with van der Waals surface area (Å²) in [4.78, 5) is 23.0. The highest BCUT2D eigenvalue weighted by Crippen LogP contribution is 2.38. The van der Waals surface area contributed by atoms with E-state index >= 15 is 0 Å². The Morgan fingerprint density at radius 2 is 1.57 bits per heavy atom. The van der Waals surface area contributed by atoms with Crippen LogP contribution in [0.2, 0.25) is 0 Å². The molecule has 0 saturated heterocycles. The lowest BCUT2D eigenvalue weighted by molar-refractivity contribution is -0.349. The van der Waals surface area contributed by atoms with Gasteiger partial charge >= 0.3 is 45.4 Å². The van der Waals surface area contributed by atoms with Crippen molar-refractivity contribution in [2.45, 2.75) is 42.8 Å². The van der Waals surface area contributed by atoms with E-state index in [4.69, 9.17) is 4.55 Å². The van der Waals surface area contributed by atoms with Crippen molar-refractivity contribution in [1.82, 2.24) is 5.32 Å². The molecule has 0 aromatic rings. The minimum Gasteiger partial charge on any atom is -0.410 e. The molecule has 2 N–H and O–H groups in total. The second-order valence-corrected chi connectivity index (χ2v) is 6.90. The first-order valence-electron chi connectivity index (χ1n) is 7.09. The van der Waals surface area contributed by atoms with Crippen LogP contribution < -0.4 is 5.32 Å². The molecule has 2 unspecified atom stereocenters. The Morgan fingerprint density at radius 1 is 1.10 bits per heavy atom. The van der Waals surface area contributed by atoms with E-state index in [1.807, 2.05) is 0 Å². The molecule has 0 aliphatic heterocycles. The van der Waals surface area contributed by atoms with Gasteiger partial charge in [0, 0.05) is 0 Å². The summed E-state index contributed by atoms with van der Waals surface area (Å²) in [6.45, 7) is 0.232. The van der Waals surface area contributed by atoms with Crippen LogP contribution in [0.1, 0.15) is 13.3 Å². The Labute approximate surface area is 161 Å². The molecule has 0 aliphatic carbocycles. The number of rotatable bonds is 9. The molecule has 0 heterocycles. The Morgan fingerprint density at radius 3 is 1.90 bits per heavy atom. The van der Waals surface area contributed by atoms with Gasteiger partial charge in [-0.25, -0.2) is 4.79 Å². The Balaban J connectivity index is 6.11. The van der Waals surface area contributed by atoms with E-state index in [-0.39, 0.29) is 6.92 Å². The third-order valence-corrected chi connectivity index (χ3v) is 4.00. The van der Waals surface area contributed by atoms with E-state index in [1.54, 1.807) is 0 Å². The topological polar surface area (TPSA) is 119 Å². The minimum atomic E-state index is -6.29. The van der Waals surface area contributed by atoms with Crippen LogP contribution in [-0.2, 0) is 29.2 Å². The van der Waals surface area contributed by atoms with Crippen LogP contribution in [0.4, 0.5) is 39.5 Å². The van der Waals surface area contributed by atoms with Gasteiger partial charge in [0.05, 0.1) is 13.0 Å². The number of alkyl halides is 8. The molecule has 30 heavy (non-hydrogen) atoms. The lowest BCUT2D eigenvalue weighted by Crippen LogP contribution is -2.64. The molecule has 0 aromatic carbocycles. The summed E-state index contributed by atoms with van der Waals surface area (Å²) in [6.07, 6.45) is -13.9. The summed E-state index contributed by atoms with van der Waals surface area (Å²) in [7, 11) is -6.18. The van der Waals surface area contributed by atoms with E-state index in [2.05, 4.69) is 16.1 Å². The van der Waals surface area contributed by atoms with E-state index in [9.17, 15) is 57.5 Å². The Kier molecular flexibility index (Phi) is 8.34. The van der Waals surface area contributed by atoms with Gasteiger partial charge in [-0.3, -0.25) is 9.35 Å². The van der Waals surface area contributed by atoms with Crippen molar-refractivity contribution in [2.75, 3.05) is 6.61 Å². The predicted molar refractivity (Wildman–Crippen MR) is 75.9 cm³/mol. The predicted octanol–water partition coefficient (Wildman–Crippen LogP) is 2.23. The van der Waals surface area contributed by atoms with Crippen molar-refractivity contribution < 1.29 is 71.5 Å². The zero-order valence-corrected chi connectivity index (χ0v) is 15.2. The van der Waals surface area contributed by atoms with Gasteiger partial charge in [-0.1, -0.05) is 6.58 Å². The van der Waals surface area contributed by atoms with E-state index in [0.29, 0.717) is 5.32 Å². The maximum Gasteiger partial charge on any atom is 0.466 e. The van der Waals surface area contributed by atoms with Crippen molar-refractivity contribution in [3.8, 4) is 0 Å². The molecule has 0 bridgehead atoms. The van der Waals surface area contributed by atoms with Crippen LogP contribution in [0.15, 0.2) is 12.4 Å². The van der Waals surface area contributed by atoms with E-state index in [1.165, 1.54) is 0 Å². The van der Waals surface area contributed by atoms with Crippen LogP contribution in [0.25, 0.3) is 0 Å². The molecule has 0 rings (SSSR count). The molecule has 0 saturated carbocycles. The molecule has 0 aliphatic rings. The number of hydrogen-bond donors (Lipinski definition) is 2. The molecule has 8 nitrogen and oxygen atoms in total. The van der Waals surface area contributed by atoms with Crippen LogP contribution in [0, 0.1) is 0 Å². The Bertz CT molecular complexity index is 778. The molecule has 2 atom stereocenters. The fourth-order valence-electron chi connectivity index (χ4n) is 1.41. The second kappa shape index (κ2) is 8.96. The van der Waals surface area contributed by atoms with Gasteiger partial charge in [0.25, 0.3) is 0 Å². The van der Waals surface area contributed by atoms with Crippen LogP contribution in [-0.4, -0.2) is 60.9 Å². The fourth-order valence-corrected chi connectivity index (χ4v) is 1.75. The van der Waals surface area contributed by atoms with E-state index < -0.39 is 70.3 Å². The summed E-state index contributed by atoms with van der Waals surface area (Å²) in [5.41, 5.74) is 0. The van der Waals surface area contributed by atoms with Gasteiger partial charge in [-0.15, -0.1) is 0 Å². The molecule has 0 aromatic heterocycles. The van der Waals surface area contributed by atoms with Crippen molar-refractivity contribution >= 4 is 22.0 Å². The maximum atomic E-state index is 13.4. The summed E-state index contributed by atoms with van der Waals surface area (Å²) in [5.74, 6) is -13.0. The van der Waals surface area contributed by atoms with Gasteiger partial charge in [0.15, 0.2) is 0 Å². The lowest BCUT2D eigenvalue weighted by atomic mass is 10.2. The summed E-state index contributed by atoms with van der Waals surface area (Å²) in [6, 6.07) is -3.03. The molecule has 176 valence electrons. The number of hydrogen-bond acceptors (Lipinski definition) is 6. The van der Waals surface area contributed by atoms with Gasteiger partial charge in [0.2, 0.25) is 5.83 Å². The van der Waals surface area contributed by atoms with Gasteiger partial charge in [-0.05, 0) is 6.92 Å². The summed E-state index contributed by atoms with van der Waals surface area (Å²) in [5, 5.41) is -4.44. The highest BCUT2D eigenvalue weighted by Gasteiger charge is 2.67. The molecule has 0 spiro atoms. The molecule has 0 radical (unpaired) electrons. The quantitative estimate of drug-likeness (QED) is 0.169. The van der Waals surface area contributed by atoms with Crippen molar-refractivity contribution in [3.63, 3.8) is 0 Å². The SMILES string of the molecule is C=C(F)C(=O)OC(OCCC(F)(F)S(=O)(=O)O)(C(=O)NC(C)C(F)(F)F)C(F)(F)F. The zero-order chi connectivity index (χ0) is 24.3. The molecule has 1 amide bonds. The third-order valence-electron chi connectivity index (χ3n) is 3.04. The summed E-state index contributed by atoms with van der Waals surface area (Å²) >= 11 is 0. The number of amides is 1. The highest BCUT2D eigenvalue weighted by molar-refractivity contribution is 7.86. The second-order valence-electron chi connectivity index (χ2n) is 5.36. The monoisotopic (exact) mass is 485 g/mol. The molecule has 0 fully saturated rings. The third kappa shape index (κ3) is 6.73. The number of halogens is 9. The number of nitrogens with one attached hydrogen (secondary N) is 1. The highest BCUT2D eigenvalue weighted by atomic mass is 32.2. The first-order chi connectivity index (χ1) is 13.1. The van der Waals surface area contributed by atoms with Gasteiger partial charge in [-0.2, -0.15) is 47.9 Å². The normalized spacial score (nSPS) is 16.4.